The zero-order chi connectivity index (χ0) is 14.5. The second-order valence-corrected chi connectivity index (χ2v) is 4.76. The van der Waals surface area contributed by atoms with Crippen molar-refractivity contribution in [1.29, 1.82) is 0 Å². The maximum absolute atomic E-state index is 10.9. The van der Waals surface area contributed by atoms with Crippen molar-refractivity contribution in [2.75, 3.05) is 7.11 Å². The summed E-state index contributed by atoms with van der Waals surface area (Å²) in [5.41, 5.74) is 0.563. The number of rotatable bonds is 5. The highest BCUT2D eigenvalue weighted by molar-refractivity contribution is 9.10. The van der Waals surface area contributed by atoms with E-state index in [2.05, 4.69) is 20.9 Å². The average molecular weight is 339 g/mol. The van der Waals surface area contributed by atoms with E-state index in [-0.39, 0.29) is 18.0 Å². The molecule has 6 nitrogen and oxygen atoms in total. The predicted molar refractivity (Wildman–Crippen MR) is 75.9 cm³/mol. The van der Waals surface area contributed by atoms with Gasteiger partial charge in [0.25, 0.3) is 0 Å². The van der Waals surface area contributed by atoms with Gasteiger partial charge in [-0.05, 0) is 34.1 Å². The molecule has 0 saturated carbocycles. The van der Waals surface area contributed by atoms with Crippen molar-refractivity contribution in [3.05, 3.63) is 56.8 Å². The summed E-state index contributed by atoms with van der Waals surface area (Å²) >= 11 is 3.28. The zero-order valence-electron chi connectivity index (χ0n) is 10.6. The van der Waals surface area contributed by atoms with Crippen molar-refractivity contribution in [2.45, 2.75) is 6.61 Å². The van der Waals surface area contributed by atoms with Gasteiger partial charge in [-0.25, -0.2) is 0 Å². The normalized spacial score (nSPS) is 10.1. The van der Waals surface area contributed by atoms with Crippen molar-refractivity contribution >= 4 is 21.6 Å². The first-order valence-corrected chi connectivity index (χ1v) is 6.45. The van der Waals surface area contributed by atoms with Crippen LogP contribution in [0.5, 0.6) is 11.5 Å². The molecule has 1 aromatic heterocycles. The van der Waals surface area contributed by atoms with E-state index in [1.807, 2.05) is 6.07 Å². The van der Waals surface area contributed by atoms with Crippen LogP contribution in [-0.2, 0) is 6.61 Å². The average Bonchev–Trinajstić information content (AvgIpc) is 2.46. The summed E-state index contributed by atoms with van der Waals surface area (Å²) in [6.45, 7) is 0.140. The first-order valence-electron chi connectivity index (χ1n) is 5.66. The molecule has 0 radical (unpaired) electrons. The molecular formula is C13H11BrN2O4. The molecule has 2 rings (SSSR count). The maximum atomic E-state index is 10.9. The summed E-state index contributed by atoms with van der Waals surface area (Å²) in [7, 11) is 1.49. The SMILES string of the molecule is COc1ccc([N+](=O)[O-])c(OCc2ccc(Br)cn2)c1. The van der Waals surface area contributed by atoms with Crippen molar-refractivity contribution in [1.82, 2.24) is 4.98 Å². The Morgan fingerprint density at radius 1 is 1.35 bits per heavy atom. The van der Waals surface area contributed by atoms with Crippen LogP contribution in [0, 0.1) is 10.1 Å². The maximum Gasteiger partial charge on any atom is 0.311 e. The van der Waals surface area contributed by atoms with E-state index in [1.54, 1.807) is 12.3 Å². The number of halogens is 1. The second kappa shape index (κ2) is 6.33. The number of hydrogen-bond donors (Lipinski definition) is 0. The third-order valence-corrected chi connectivity index (χ3v) is 3.00. The number of nitro groups is 1. The Morgan fingerprint density at radius 3 is 2.75 bits per heavy atom. The topological polar surface area (TPSA) is 74.5 Å². The molecule has 0 saturated heterocycles. The van der Waals surface area contributed by atoms with E-state index >= 15 is 0 Å². The van der Waals surface area contributed by atoms with Gasteiger partial charge in [-0.3, -0.25) is 15.1 Å². The van der Waals surface area contributed by atoms with Crippen LogP contribution in [0.1, 0.15) is 5.69 Å². The van der Waals surface area contributed by atoms with Crippen molar-refractivity contribution in [3.63, 3.8) is 0 Å². The van der Waals surface area contributed by atoms with E-state index in [0.29, 0.717) is 11.4 Å². The number of pyridine rings is 1. The van der Waals surface area contributed by atoms with Gasteiger partial charge >= 0.3 is 5.69 Å². The first-order chi connectivity index (χ1) is 9.60. The highest BCUT2D eigenvalue weighted by atomic mass is 79.9. The monoisotopic (exact) mass is 338 g/mol. The number of nitrogens with zero attached hydrogens (tertiary/aromatic N) is 2. The number of ether oxygens (including phenoxy) is 2. The van der Waals surface area contributed by atoms with Crippen LogP contribution < -0.4 is 9.47 Å². The highest BCUT2D eigenvalue weighted by Crippen LogP contribution is 2.31. The molecule has 0 aliphatic carbocycles. The predicted octanol–water partition coefficient (Wildman–Crippen LogP) is 3.34. The van der Waals surface area contributed by atoms with Gasteiger partial charge in [-0.1, -0.05) is 0 Å². The molecule has 1 aromatic carbocycles. The number of methoxy groups -OCH3 is 1. The first kappa shape index (κ1) is 14.3. The van der Waals surface area contributed by atoms with Gasteiger partial charge in [0.15, 0.2) is 0 Å². The molecule has 0 N–H and O–H groups in total. The van der Waals surface area contributed by atoms with Crippen LogP contribution in [0.2, 0.25) is 0 Å². The quantitative estimate of drug-likeness (QED) is 0.617. The van der Waals surface area contributed by atoms with Crippen LogP contribution in [0.15, 0.2) is 41.0 Å². The van der Waals surface area contributed by atoms with Crippen LogP contribution in [0.4, 0.5) is 5.69 Å². The second-order valence-electron chi connectivity index (χ2n) is 3.85. The lowest BCUT2D eigenvalue weighted by Gasteiger charge is -2.08. The molecule has 0 atom stereocenters. The van der Waals surface area contributed by atoms with Gasteiger partial charge in [0.05, 0.1) is 17.7 Å². The largest absolute Gasteiger partial charge is 0.497 e. The van der Waals surface area contributed by atoms with Crippen molar-refractivity contribution < 1.29 is 14.4 Å². The van der Waals surface area contributed by atoms with Gasteiger partial charge in [0.1, 0.15) is 12.4 Å². The fraction of sp³-hybridized carbons (Fsp3) is 0.154. The summed E-state index contributed by atoms with van der Waals surface area (Å²) in [6, 6.07) is 7.95. The number of nitro benzene ring substituents is 1. The Bertz CT molecular complexity index is 616. The van der Waals surface area contributed by atoms with E-state index in [1.165, 1.54) is 25.3 Å². The Balaban J connectivity index is 2.18. The molecule has 104 valence electrons. The molecule has 7 heteroatoms. The Hall–Kier alpha value is -2.15. The zero-order valence-corrected chi connectivity index (χ0v) is 12.2. The van der Waals surface area contributed by atoms with E-state index in [0.717, 1.165) is 4.47 Å². The van der Waals surface area contributed by atoms with Gasteiger partial charge in [-0.15, -0.1) is 0 Å². The summed E-state index contributed by atoms with van der Waals surface area (Å²) in [5.74, 6) is 0.647. The minimum Gasteiger partial charge on any atom is -0.497 e. The summed E-state index contributed by atoms with van der Waals surface area (Å²) in [6.07, 6.45) is 1.64. The molecule has 1 heterocycles. The number of benzene rings is 1. The Morgan fingerprint density at radius 2 is 2.15 bits per heavy atom. The van der Waals surface area contributed by atoms with Gasteiger partial charge < -0.3 is 9.47 Å². The van der Waals surface area contributed by atoms with Crippen LogP contribution in [0.3, 0.4) is 0 Å². The Kier molecular flexibility index (Phi) is 4.52. The molecule has 0 spiro atoms. The lowest BCUT2D eigenvalue weighted by Crippen LogP contribution is -2.01. The molecular weight excluding hydrogens is 328 g/mol. The van der Waals surface area contributed by atoms with Crippen LogP contribution in [-0.4, -0.2) is 17.0 Å². The smallest absolute Gasteiger partial charge is 0.311 e. The van der Waals surface area contributed by atoms with Crippen LogP contribution in [0.25, 0.3) is 0 Å². The summed E-state index contributed by atoms with van der Waals surface area (Å²) in [5, 5.41) is 10.9. The summed E-state index contributed by atoms with van der Waals surface area (Å²) in [4.78, 5) is 14.6. The fourth-order valence-electron chi connectivity index (χ4n) is 1.53. The van der Waals surface area contributed by atoms with E-state index < -0.39 is 4.92 Å². The van der Waals surface area contributed by atoms with E-state index in [4.69, 9.17) is 9.47 Å². The molecule has 0 amide bonds. The lowest BCUT2D eigenvalue weighted by molar-refractivity contribution is -0.386. The van der Waals surface area contributed by atoms with Crippen LogP contribution >= 0.6 is 15.9 Å². The third kappa shape index (κ3) is 3.45. The van der Waals surface area contributed by atoms with Gasteiger partial charge in [-0.2, -0.15) is 0 Å². The molecule has 0 fully saturated rings. The fourth-order valence-corrected chi connectivity index (χ4v) is 1.77. The molecule has 0 bridgehead atoms. The highest BCUT2D eigenvalue weighted by Gasteiger charge is 2.16. The van der Waals surface area contributed by atoms with Gasteiger partial charge in [0, 0.05) is 22.8 Å². The van der Waals surface area contributed by atoms with E-state index in [9.17, 15) is 10.1 Å². The van der Waals surface area contributed by atoms with Crippen molar-refractivity contribution in [3.8, 4) is 11.5 Å². The van der Waals surface area contributed by atoms with Gasteiger partial charge in [0.2, 0.25) is 5.75 Å². The molecule has 0 unspecified atom stereocenters. The minimum atomic E-state index is -0.496. The molecule has 2 aromatic rings. The lowest BCUT2D eigenvalue weighted by atomic mass is 10.3. The number of aromatic nitrogens is 1. The summed E-state index contributed by atoms with van der Waals surface area (Å²) < 4.78 is 11.4. The Labute approximate surface area is 123 Å². The third-order valence-electron chi connectivity index (χ3n) is 2.53. The molecule has 0 aliphatic heterocycles. The molecule has 20 heavy (non-hydrogen) atoms. The van der Waals surface area contributed by atoms with Crippen molar-refractivity contribution in [2.24, 2.45) is 0 Å². The minimum absolute atomic E-state index is 0.108. The number of hydrogen-bond acceptors (Lipinski definition) is 5. The molecule has 0 aliphatic rings. The standard InChI is InChI=1S/C13H11BrN2O4/c1-19-11-4-5-12(16(17)18)13(6-11)20-8-10-3-2-9(14)7-15-10/h2-7H,8H2,1H3.